The maximum Gasteiger partial charge on any atom is 0.415 e. The van der Waals surface area contributed by atoms with Crippen LogP contribution >= 0.6 is 0 Å². The Bertz CT molecular complexity index is 240. The van der Waals surface area contributed by atoms with Crippen LogP contribution in [0.5, 0.6) is 0 Å². The molecule has 1 N–H and O–H groups in total. The van der Waals surface area contributed by atoms with Gasteiger partial charge in [-0.2, -0.15) is 0 Å². The van der Waals surface area contributed by atoms with Crippen molar-refractivity contribution in [3.05, 3.63) is 12.8 Å². The molecule has 2 atom stereocenters. The molecule has 2 bridgehead atoms. The fourth-order valence-corrected chi connectivity index (χ4v) is 2.58. The van der Waals surface area contributed by atoms with E-state index >= 15 is 0 Å². The molecule has 0 radical (unpaired) electrons. The van der Waals surface area contributed by atoms with Crippen LogP contribution in [0.15, 0.2) is 12.8 Å². The largest absolute Gasteiger partial charge is 0.419 e. The molecule has 0 unspecified atom stereocenters. The van der Waals surface area contributed by atoms with E-state index in [0.29, 0.717) is 12.8 Å². The summed E-state index contributed by atoms with van der Waals surface area (Å²) in [6.07, 6.45) is 3.92. The minimum absolute atomic E-state index is 0.163. The normalized spacial score (nSPS) is 35.5. The number of carbonyl (C=O) groups excluding carboxylic acids is 1. The van der Waals surface area contributed by atoms with Gasteiger partial charge in [-0.05, 0) is 25.7 Å². The Morgan fingerprint density at radius 3 is 2.50 bits per heavy atom. The second-order valence-corrected chi connectivity index (χ2v) is 3.97. The van der Waals surface area contributed by atoms with E-state index in [-0.39, 0.29) is 24.3 Å². The van der Waals surface area contributed by atoms with E-state index in [1.165, 1.54) is 0 Å². The summed E-state index contributed by atoms with van der Waals surface area (Å²) in [4.78, 5) is 13.3. The molecule has 0 aromatic carbocycles. The third-order valence-electron chi connectivity index (χ3n) is 3.10. The lowest BCUT2D eigenvalue weighted by Crippen LogP contribution is -2.47. The van der Waals surface area contributed by atoms with Crippen molar-refractivity contribution in [2.45, 2.75) is 43.9 Å². The molecular formula is C10H15NO3. The molecule has 4 nitrogen and oxygen atoms in total. The lowest BCUT2D eigenvalue weighted by atomic mass is 10.0. The summed E-state index contributed by atoms with van der Waals surface area (Å²) in [7, 11) is 0. The Kier molecular flexibility index (Phi) is 2.46. The molecule has 0 aliphatic carbocycles. The minimum Gasteiger partial charge on any atom is -0.419 e. The zero-order valence-corrected chi connectivity index (χ0v) is 8.06. The lowest BCUT2D eigenvalue weighted by Gasteiger charge is -2.35. The van der Waals surface area contributed by atoms with Crippen molar-refractivity contribution in [2.75, 3.05) is 0 Å². The summed E-state index contributed by atoms with van der Waals surface area (Å²) in [6, 6.07) is 0.326. The van der Waals surface area contributed by atoms with Gasteiger partial charge in [-0.15, -0.1) is 0 Å². The Morgan fingerprint density at radius 1 is 1.43 bits per heavy atom. The Balaban J connectivity index is 2.07. The first-order chi connectivity index (χ1) is 6.72. The van der Waals surface area contributed by atoms with Crippen molar-refractivity contribution < 1.29 is 14.6 Å². The van der Waals surface area contributed by atoms with Gasteiger partial charge in [0, 0.05) is 12.1 Å². The summed E-state index contributed by atoms with van der Waals surface area (Å²) in [5.41, 5.74) is 0. The predicted molar refractivity (Wildman–Crippen MR) is 50.6 cm³/mol. The Labute approximate surface area is 83.2 Å². The highest BCUT2D eigenvalue weighted by Crippen LogP contribution is 2.36. The number of aliphatic hydroxyl groups excluding tert-OH is 1. The summed E-state index contributed by atoms with van der Waals surface area (Å²) in [6.45, 7) is 3.36. The molecule has 78 valence electrons. The predicted octanol–water partition coefficient (Wildman–Crippen LogP) is 1.25. The maximum absolute atomic E-state index is 11.5. The number of nitrogens with zero attached hydrogens (tertiary/aromatic N) is 1. The van der Waals surface area contributed by atoms with Crippen LogP contribution in [0.4, 0.5) is 4.79 Å². The van der Waals surface area contributed by atoms with Gasteiger partial charge in [-0.1, -0.05) is 6.58 Å². The molecular weight excluding hydrogens is 182 g/mol. The lowest BCUT2D eigenvalue weighted by molar-refractivity contribution is 0.0361. The number of piperidine rings is 1. The summed E-state index contributed by atoms with van der Waals surface area (Å²) < 4.78 is 4.77. The average molecular weight is 197 g/mol. The number of hydrogen-bond donors (Lipinski definition) is 1. The SMILES string of the molecule is C=COC(=O)N1[C@H]2CC[C@H]1CC(O)C2. The maximum atomic E-state index is 11.5. The zero-order valence-electron chi connectivity index (χ0n) is 8.06. The van der Waals surface area contributed by atoms with Crippen molar-refractivity contribution in [1.82, 2.24) is 4.90 Å². The molecule has 2 aliphatic heterocycles. The monoisotopic (exact) mass is 197 g/mol. The molecule has 14 heavy (non-hydrogen) atoms. The molecule has 0 aromatic rings. The van der Waals surface area contributed by atoms with Gasteiger partial charge in [0.25, 0.3) is 0 Å². The number of ether oxygens (including phenoxy) is 1. The first kappa shape index (κ1) is 9.52. The number of rotatable bonds is 1. The third kappa shape index (κ3) is 1.50. The quantitative estimate of drug-likeness (QED) is 0.644. The van der Waals surface area contributed by atoms with Crippen molar-refractivity contribution in [2.24, 2.45) is 0 Å². The Morgan fingerprint density at radius 2 is 2.00 bits per heavy atom. The number of amides is 1. The molecule has 2 fully saturated rings. The van der Waals surface area contributed by atoms with Gasteiger partial charge >= 0.3 is 6.09 Å². The zero-order chi connectivity index (χ0) is 10.1. The number of hydrogen-bond acceptors (Lipinski definition) is 3. The number of aliphatic hydroxyl groups is 1. The molecule has 2 rings (SSSR count). The fraction of sp³-hybridized carbons (Fsp3) is 0.700. The van der Waals surface area contributed by atoms with Crippen molar-refractivity contribution in [3.63, 3.8) is 0 Å². The van der Waals surface area contributed by atoms with Crippen LogP contribution in [0.1, 0.15) is 25.7 Å². The van der Waals surface area contributed by atoms with Crippen LogP contribution in [0.3, 0.4) is 0 Å². The van der Waals surface area contributed by atoms with E-state index in [1.54, 1.807) is 4.90 Å². The molecule has 0 saturated carbocycles. The average Bonchev–Trinajstić information content (AvgIpc) is 2.39. The molecule has 1 amide bonds. The van der Waals surface area contributed by atoms with Gasteiger partial charge in [0.1, 0.15) is 0 Å². The molecule has 2 heterocycles. The van der Waals surface area contributed by atoms with Gasteiger partial charge in [-0.3, -0.25) is 0 Å². The van der Waals surface area contributed by atoms with Gasteiger partial charge in [-0.25, -0.2) is 4.79 Å². The smallest absolute Gasteiger partial charge is 0.415 e. The minimum atomic E-state index is -0.320. The van der Waals surface area contributed by atoms with Crippen LogP contribution in [0, 0.1) is 0 Å². The van der Waals surface area contributed by atoms with E-state index in [9.17, 15) is 9.90 Å². The van der Waals surface area contributed by atoms with Crippen molar-refractivity contribution >= 4 is 6.09 Å². The van der Waals surface area contributed by atoms with Gasteiger partial charge in [0.05, 0.1) is 12.4 Å². The molecule has 2 aliphatic rings. The third-order valence-corrected chi connectivity index (χ3v) is 3.10. The molecule has 2 saturated heterocycles. The van der Waals surface area contributed by atoms with Crippen LogP contribution in [-0.4, -0.2) is 34.3 Å². The molecule has 0 spiro atoms. The van der Waals surface area contributed by atoms with E-state index in [1.807, 2.05) is 0 Å². The number of carbonyl (C=O) groups is 1. The fourth-order valence-electron chi connectivity index (χ4n) is 2.58. The van der Waals surface area contributed by atoms with Crippen LogP contribution in [0.2, 0.25) is 0 Å². The van der Waals surface area contributed by atoms with Crippen LogP contribution < -0.4 is 0 Å². The first-order valence-electron chi connectivity index (χ1n) is 5.00. The summed E-state index contributed by atoms with van der Waals surface area (Å²) >= 11 is 0. The van der Waals surface area contributed by atoms with E-state index in [4.69, 9.17) is 4.74 Å². The van der Waals surface area contributed by atoms with Gasteiger partial charge < -0.3 is 14.7 Å². The first-order valence-corrected chi connectivity index (χ1v) is 5.00. The molecule has 0 aromatic heterocycles. The van der Waals surface area contributed by atoms with E-state index in [2.05, 4.69) is 6.58 Å². The summed E-state index contributed by atoms with van der Waals surface area (Å²) in [5.74, 6) is 0. The highest BCUT2D eigenvalue weighted by atomic mass is 16.5. The number of fused-ring (bicyclic) bond motifs is 2. The van der Waals surface area contributed by atoms with Crippen LogP contribution in [0.25, 0.3) is 0 Å². The summed E-state index contributed by atoms with van der Waals surface area (Å²) in [5, 5.41) is 9.52. The second-order valence-electron chi connectivity index (χ2n) is 3.97. The Hall–Kier alpha value is -1.03. The van der Waals surface area contributed by atoms with Crippen molar-refractivity contribution in [1.29, 1.82) is 0 Å². The van der Waals surface area contributed by atoms with E-state index < -0.39 is 0 Å². The van der Waals surface area contributed by atoms with Gasteiger partial charge in [0.2, 0.25) is 0 Å². The molecule has 4 heteroatoms. The van der Waals surface area contributed by atoms with Gasteiger partial charge in [0.15, 0.2) is 0 Å². The highest BCUT2D eigenvalue weighted by Gasteiger charge is 2.43. The standard InChI is InChI=1S/C10H15NO3/c1-2-14-10(13)11-7-3-4-8(11)6-9(12)5-7/h2,7-9,12H,1,3-6H2/t7-,8-/m0/s1. The van der Waals surface area contributed by atoms with E-state index in [0.717, 1.165) is 19.1 Å². The topological polar surface area (TPSA) is 49.8 Å². The second kappa shape index (κ2) is 3.61. The highest BCUT2D eigenvalue weighted by molar-refractivity contribution is 5.69. The van der Waals surface area contributed by atoms with Crippen LogP contribution in [-0.2, 0) is 4.74 Å². The van der Waals surface area contributed by atoms with Crippen molar-refractivity contribution in [3.8, 4) is 0 Å².